The third-order valence-electron chi connectivity index (χ3n) is 8.29. The smallest absolute Gasteiger partial charge is 0.250 e. The van der Waals surface area contributed by atoms with E-state index in [1.54, 1.807) is 24.3 Å². The molecule has 1 atom stereocenters. The largest absolute Gasteiger partial charge is 0.541 e. The second-order valence-corrected chi connectivity index (χ2v) is 25.0. The number of benzene rings is 2. The summed E-state index contributed by atoms with van der Waals surface area (Å²) < 4.78 is 41.3. The van der Waals surface area contributed by atoms with Gasteiger partial charge in [0.1, 0.15) is 6.29 Å². The zero-order valence-electron chi connectivity index (χ0n) is 26.5. The van der Waals surface area contributed by atoms with Crippen molar-refractivity contribution in [1.82, 2.24) is 4.31 Å². The van der Waals surface area contributed by atoms with Gasteiger partial charge in [0.05, 0.1) is 17.5 Å². The lowest BCUT2D eigenvalue weighted by atomic mass is 10.1. The van der Waals surface area contributed by atoms with Gasteiger partial charge in [-0.3, -0.25) is 0 Å². The molecule has 0 heterocycles. The number of hydrogen-bond acceptors (Lipinski definition) is 6. The molecule has 0 aliphatic heterocycles. The van der Waals surface area contributed by atoms with Crippen LogP contribution in [0, 0.1) is 19.3 Å². The van der Waals surface area contributed by atoms with Gasteiger partial charge >= 0.3 is 0 Å². The molecule has 0 saturated heterocycles. The Bertz CT molecular complexity index is 1330. The first-order valence-electron chi connectivity index (χ1n) is 13.8. The van der Waals surface area contributed by atoms with Crippen LogP contribution in [0.2, 0.25) is 36.3 Å². The van der Waals surface area contributed by atoms with Crippen molar-refractivity contribution >= 4 is 32.9 Å². The topological polar surface area (TPSA) is 93.1 Å². The van der Waals surface area contributed by atoms with E-state index in [9.17, 15) is 18.3 Å². The third kappa shape index (κ3) is 8.04. The van der Waals surface area contributed by atoms with Crippen LogP contribution in [0.1, 0.15) is 52.7 Å². The molecular formula is C31H47NO6SSi2. The normalized spacial score (nSPS) is 13.9. The van der Waals surface area contributed by atoms with Gasteiger partial charge in [0.2, 0.25) is 10.0 Å². The maximum atomic E-state index is 13.6. The average molecular weight is 618 g/mol. The molecule has 0 aliphatic rings. The lowest BCUT2D eigenvalue weighted by Gasteiger charge is -2.38. The summed E-state index contributed by atoms with van der Waals surface area (Å²) in [6, 6.07) is 8.68. The molecule has 1 N–H and O–H groups in total. The van der Waals surface area contributed by atoms with E-state index in [1.165, 1.54) is 12.1 Å². The molecule has 0 amide bonds. The second kappa shape index (κ2) is 12.3. The minimum Gasteiger partial charge on any atom is -0.541 e. The number of hydrogen-bond donors (Lipinski definition) is 1. The number of terminal acetylenes is 1. The van der Waals surface area contributed by atoms with Crippen LogP contribution in [0.15, 0.2) is 41.3 Å². The number of phenolic OH excluding ortho intramolecular Hbond substituents is 1. The minimum atomic E-state index is -4.07. The molecule has 0 bridgehead atoms. The molecule has 10 heteroatoms. The Kier molecular flexibility index (Phi) is 10.4. The van der Waals surface area contributed by atoms with E-state index < -0.39 is 32.7 Å². The monoisotopic (exact) mass is 617 g/mol. The molecule has 0 spiro atoms. The fraction of sp³-hybridized carbons (Fsp3) is 0.516. The van der Waals surface area contributed by atoms with E-state index in [2.05, 4.69) is 73.7 Å². The number of aryl methyl sites for hydroxylation is 1. The zero-order valence-corrected chi connectivity index (χ0v) is 29.3. The Hall–Kier alpha value is -2.59. The number of sulfonamides is 1. The summed E-state index contributed by atoms with van der Waals surface area (Å²) in [5.41, 5.74) is 1.50. The first-order chi connectivity index (χ1) is 18.6. The zero-order chi connectivity index (χ0) is 31.6. The van der Waals surface area contributed by atoms with E-state index in [0.717, 1.165) is 9.87 Å². The Morgan fingerprint density at radius 3 is 1.76 bits per heavy atom. The molecule has 0 aliphatic carbocycles. The van der Waals surface area contributed by atoms with Gasteiger partial charge in [-0.2, -0.15) is 4.31 Å². The van der Waals surface area contributed by atoms with Crippen molar-refractivity contribution in [3.05, 3.63) is 47.5 Å². The highest BCUT2D eigenvalue weighted by atomic mass is 32.2. The lowest BCUT2D eigenvalue weighted by Crippen LogP contribution is -2.45. The highest BCUT2D eigenvalue weighted by molar-refractivity contribution is 7.89. The van der Waals surface area contributed by atoms with Gasteiger partial charge in [-0.25, -0.2) is 8.42 Å². The molecule has 2 aromatic carbocycles. The van der Waals surface area contributed by atoms with Crippen molar-refractivity contribution < 1.29 is 27.2 Å². The molecule has 0 radical (unpaired) electrons. The molecule has 7 nitrogen and oxygen atoms in total. The van der Waals surface area contributed by atoms with Gasteiger partial charge in [-0.05, 0) is 79.4 Å². The fourth-order valence-corrected chi connectivity index (χ4v) is 7.04. The number of nitrogens with zero attached hydrogens (tertiary/aromatic N) is 1. The number of aromatic hydroxyl groups is 1. The van der Waals surface area contributed by atoms with Crippen molar-refractivity contribution in [3.63, 3.8) is 0 Å². The summed E-state index contributed by atoms with van der Waals surface area (Å²) in [6.45, 7) is 22.5. The van der Waals surface area contributed by atoms with Crippen LogP contribution in [-0.2, 0) is 21.2 Å². The van der Waals surface area contributed by atoms with Crippen molar-refractivity contribution in [3.8, 4) is 29.6 Å². The van der Waals surface area contributed by atoms with Gasteiger partial charge in [0.25, 0.3) is 16.6 Å². The van der Waals surface area contributed by atoms with Crippen LogP contribution in [0.4, 0.5) is 0 Å². The second-order valence-electron chi connectivity index (χ2n) is 13.6. The number of carbonyl (C=O) groups excluding carboxylic acids is 1. The van der Waals surface area contributed by atoms with Gasteiger partial charge < -0.3 is 18.8 Å². The first-order valence-corrected chi connectivity index (χ1v) is 21.0. The number of rotatable bonds is 11. The van der Waals surface area contributed by atoms with Crippen LogP contribution < -0.4 is 8.85 Å². The number of carbonyl (C=O) groups is 1. The van der Waals surface area contributed by atoms with E-state index in [0.29, 0.717) is 11.8 Å². The molecule has 0 saturated carbocycles. The van der Waals surface area contributed by atoms with Crippen molar-refractivity contribution in [2.75, 3.05) is 6.54 Å². The Balaban J connectivity index is 2.66. The summed E-state index contributed by atoms with van der Waals surface area (Å²) in [6.07, 6.45) is 6.17. The van der Waals surface area contributed by atoms with Crippen LogP contribution in [0.5, 0.6) is 17.2 Å². The van der Waals surface area contributed by atoms with E-state index in [4.69, 9.17) is 15.3 Å². The Morgan fingerprint density at radius 2 is 1.39 bits per heavy atom. The van der Waals surface area contributed by atoms with Crippen molar-refractivity contribution in [1.29, 1.82) is 0 Å². The Morgan fingerprint density at radius 1 is 0.951 bits per heavy atom. The Labute approximate surface area is 249 Å². The van der Waals surface area contributed by atoms with Crippen LogP contribution in [0.25, 0.3) is 0 Å². The molecule has 2 aromatic rings. The lowest BCUT2D eigenvalue weighted by molar-refractivity contribution is -0.110. The molecule has 0 unspecified atom stereocenters. The van der Waals surface area contributed by atoms with Crippen molar-refractivity contribution in [2.45, 2.75) is 102 Å². The summed E-state index contributed by atoms with van der Waals surface area (Å²) >= 11 is 0. The standard InChI is InChI=1S/C31H47NO6SSi2/c1-13-18-32(39(35,36)26-16-14-23(2)15-17-26)25(22-33)19-24-20-27(37-40(9,10)30(3,4)5)29(34)28(21-24)38-41(11,12)31(6,7)8/h1,14-17,20-22,25,34H,18-19H2,2-12H3/t25-/m0/s1. The maximum absolute atomic E-state index is 13.6. The van der Waals surface area contributed by atoms with Crippen molar-refractivity contribution in [2.24, 2.45) is 0 Å². The number of aldehydes is 1. The molecule has 0 aromatic heterocycles. The average Bonchev–Trinajstić information content (AvgIpc) is 2.82. The SMILES string of the molecule is C#CCN([C@H](C=O)Cc1cc(O[Si](C)(C)C(C)(C)C)c(O)c(O[Si](C)(C)C(C)(C)C)c1)S(=O)(=O)c1ccc(C)cc1. The van der Waals surface area contributed by atoms with Gasteiger partial charge in [-0.1, -0.05) is 65.2 Å². The summed E-state index contributed by atoms with van der Waals surface area (Å²) in [4.78, 5) is 12.5. The quantitative estimate of drug-likeness (QED) is 0.167. The van der Waals surface area contributed by atoms with Crippen LogP contribution in [0.3, 0.4) is 0 Å². The molecule has 2 rings (SSSR count). The van der Waals surface area contributed by atoms with Gasteiger partial charge in [0, 0.05) is 0 Å². The molecule has 41 heavy (non-hydrogen) atoms. The van der Waals surface area contributed by atoms with Crippen LogP contribution in [-0.4, -0.2) is 53.3 Å². The highest BCUT2D eigenvalue weighted by Gasteiger charge is 2.42. The van der Waals surface area contributed by atoms with Crippen LogP contribution >= 0.6 is 0 Å². The van der Waals surface area contributed by atoms with E-state index >= 15 is 0 Å². The van der Waals surface area contributed by atoms with E-state index in [1.807, 2.05) is 6.92 Å². The fourth-order valence-electron chi connectivity index (χ4n) is 3.54. The number of phenols is 1. The van der Waals surface area contributed by atoms with Gasteiger partial charge in [0.15, 0.2) is 17.2 Å². The predicted molar refractivity (Wildman–Crippen MR) is 171 cm³/mol. The predicted octanol–water partition coefficient (Wildman–Crippen LogP) is 6.90. The van der Waals surface area contributed by atoms with E-state index in [-0.39, 0.29) is 45.2 Å². The minimum absolute atomic E-state index is 0.0122. The highest BCUT2D eigenvalue weighted by Crippen LogP contribution is 2.46. The molecule has 0 fully saturated rings. The summed E-state index contributed by atoms with van der Waals surface area (Å²) in [7, 11) is -8.85. The third-order valence-corrected chi connectivity index (χ3v) is 18.9. The maximum Gasteiger partial charge on any atom is 0.250 e. The van der Waals surface area contributed by atoms with Gasteiger partial charge in [-0.15, -0.1) is 6.42 Å². The summed E-state index contributed by atoms with van der Waals surface area (Å²) in [5.74, 6) is 2.82. The molecule has 226 valence electrons. The molecular weight excluding hydrogens is 571 g/mol. The first kappa shape index (κ1) is 34.6. The summed E-state index contributed by atoms with van der Waals surface area (Å²) in [5, 5.41) is 11.1.